The average molecular weight is 145 g/mol. The van der Waals surface area contributed by atoms with E-state index in [1.807, 2.05) is 6.92 Å². The third-order valence-corrected chi connectivity index (χ3v) is 1.03. The number of methoxy groups -OCH3 is 1. The van der Waals surface area contributed by atoms with Crippen LogP contribution in [0.5, 0.6) is 0 Å². The van der Waals surface area contributed by atoms with Crippen LogP contribution in [0.2, 0.25) is 0 Å². The summed E-state index contributed by atoms with van der Waals surface area (Å²) >= 11 is 0. The maximum absolute atomic E-state index is 10.6. The monoisotopic (exact) mass is 145 g/mol. The molecule has 4 heteroatoms. The first-order chi connectivity index (χ1) is 4.76. The van der Waals surface area contributed by atoms with Crippen molar-refractivity contribution in [2.24, 2.45) is 5.16 Å². The molecule has 58 valence electrons. The molecule has 0 saturated heterocycles. The molecule has 0 aliphatic heterocycles. The smallest absolute Gasteiger partial charge is 0.355 e. The summed E-state index contributed by atoms with van der Waals surface area (Å²) in [5.74, 6) is -0.565. The van der Waals surface area contributed by atoms with Gasteiger partial charge in [-0.3, -0.25) is 0 Å². The van der Waals surface area contributed by atoms with Crippen LogP contribution in [0, 0.1) is 0 Å². The molecule has 0 atom stereocenters. The zero-order valence-corrected chi connectivity index (χ0v) is 6.13. The molecule has 0 aliphatic carbocycles. The molecule has 0 aromatic carbocycles. The summed E-state index contributed by atoms with van der Waals surface area (Å²) in [4.78, 5) is 10.6. The van der Waals surface area contributed by atoms with Crippen LogP contribution in [0.1, 0.15) is 19.8 Å². The van der Waals surface area contributed by atoms with E-state index in [-0.39, 0.29) is 5.71 Å². The van der Waals surface area contributed by atoms with E-state index in [0.717, 1.165) is 6.42 Å². The SMILES string of the molecule is CCC/C(=N\O)C(=O)OC. The minimum absolute atomic E-state index is 0.0741. The quantitative estimate of drug-likeness (QED) is 0.276. The van der Waals surface area contributed by atoms with Crippen LogP contribution in [-0.4, -0.2) is 24.0 Å². The highest BCUT2D eigenvalue weighted by Gasteiger charge is 2.09. The van der Waals surface area contributed by atoms with Gasteiger partial charge in [0.15, 0.2) is 5.71 Å². The standard InChI is InChI=1S/C6H11NO3/c1-3-4-5(7-9)6(8)10-2/h9H,3-4H2,1-2H3/b7-5+. The highest BCUT2D eigenvalue weighted by Crippen LogP contribution is 1.93. The Balaban J connectivity index is 3.95. The second-order valence-corrected chi connectivity index (χ2v) is 1.79. The van der Waals surface area contributed by atoms with Crippen molar-refractivity contribution in [2.75, 3.05) is 7.11 Å². The highest BCUT2D eigenvalue weighted by atomic mass is 16.5. The molecule has 0 aromatic heterocycles. The van der Waals surface area contributed by atoms with Gasteiger partial charge in [-0.2, -0.15) is 0 Å². The van der Waals surface area contributed by atoms with Gasteiger partial charge < -0.3 is 9.94 Å². The van der Waals surface area contributed by atoms with Crippen molar-refractivity contribution in [1.29, 1.82) is 0 Å². The fourth-order valence-corrected chi connectivity index (χ4v) is 0.548. The molecule has 0 amide bonds. The number of ether oxygens (including phenoxy) is 1. The molecule has 0 unspecified atom stereocenters. The van der Waals surface area contributed by atoms with Gasteiger partial charge >= 0.3 is 5.97 Å². The molecule has 10 heavy (non-hydrogen) atoms. The van der Waals surface area contributed by atoms with Crippen molar-refractivity contribution in [3.05, 3.63) is 0 Å². The summed E-state index contributed by atoms with van der Waals surface area (Å²) in [6.07, 6.45) is 1.21. The van der Waals surface area contributed by atoms with Gasteiger partial charge in [0, 0.05) is 6.42 Å². The van der Waals surface area contributed by atoms with Gasteiger partial charge in [0.05, 0.1) is 7.11 Å². The van der Waals surface area contributed by atoms with Crippen LogP contribution in [0.15, 0.2) is 5.16 Å². The summed E-state index contributed by atoms with van der Waals surface area (Å²) < 4.78 is 4.33. The second kappa shape index (κ2) is 4.78. The van der Waals surface area contributed by atoms with Crippen molar-refractivity contribution in [2.45, 2.75) is 19.8 Å². The fourth-order valence-electron chi connectivity index (χ4n) is 0.548. The van der Waals surface area contributed by atoms with Gasteiger partial charge in [-0.1, -0.05) is 18.5 Å². The molecule has 4 nitrogen and oxygen atoms in total. The molecule has 0 bridgehead atoms. The first-order valence-corrected chi connectivity index (χ1v) is 3.05. The Bertz CT molecular complexity index is 142. The minimum Gasteiger partial charge on any atom is -0.464 e. The van der Waals surface area contributed by atoms with E-state index in [4.69, 9.17) is 5.21 Å². The summed E-state index contributed by atoms with van der Waals surface area (Å²) in [6.45, 7) is 1.88. The maximum Gasteiger partial charge on any atom is 0.355 e. The van der Waals surface area contributed by atoms with Gasteiger partial charge in [0.25, 0.3) is 0 Å². The van der Waals surface area contributed by atoms with E-state index in [1.165, 1.54) is 7.11 Å². The molecular formula is C6H11NO3. The van der Waals surface area contributed by atoms with E-state index < -0.39 is 5.97 Å². The summed E-state index contributed by atoms with van der Waals surface area (Å²) in [6, 6.07) is 0. The van der Waals surface area contributed by atoms with Crippen LogP contribution >= 0.6 is 0 Å². The van der Waals surface area contributed by atoms with Crippen LogP contribution < -0.4 is 0 Å². The van der Waals surface area contributed by atoms with Crippen molar-refractivity contribution in [3.8, 4) is 0 Å². The third-order valence-electron chi connectivity index (χ3n) is 1.03. The molecule has 0 fully saturated rings. The predicted molar refractivity (Wildman–Crippen MR) is 36.1 cm³/mol. The minimum atomic E-state index is -0.565. The normalized spacial score (nSPS) is 11.2. The van der Waals surface area contributed by atoms with Crippen molar-refractivity contribution in [1.82, 2.24) is 0 Å². The van der Waals surface area contributed by atoms with Crippen molar-refractivity contribution >= 4 is 11.7 Å². The zero-order valence-electron chi connectivity index (χ0n) is 6.13. The molecule has 0 heterocycles. The number of rotatable bonds is 3. The number of hydrogen-bond acceptors (Lipinski definition) is 4. The van der Waals surface area contributed by atoms with Crippen molar-refractivity contribution in [3.63, 3.8) is 0 Å². The van der Waals surface area contributed by atoms with Gasteiger partial charge in [0.1, 0.15) is 0 Å². The van der Waals surface area contributed by atoms with Gasteiger partial charge in [0.2, 0.25) is 0 Å². The average Bonchev–Trinajstić information content (AvgIpc) is 1.99. The Morgan fingerprint density at radius 1 is 1.70 bits per heavy atom. The lowest BCUT2D eigenvalue weighted by molar-refractivity contribution is -0.133. The van der Waals surface area contributed by atoms with Crippen LogP contribution in [0.4, 0.5) is 0 Å². The third kappa shape index (κ3) is 2.48. The Morgan fingerprint density at radius 2 is 2.30 bits per heavy atom. The highest BCUT2D eigenvalue weighted by molar-refractivity contribution is 6.36. The zero-order chi connectivity index (χ0) is 7.98. The van der Waals surface area contributed by atoms with E-state index in [1.54, 1.807) is 0 Å². The maximum atomic E-state index is 10.6. The Hall–Kier alpha value is -1.06. The van der Waals surface area contributed by atoms with Crippen molar-refractivity contribution < 1.29 is 14.7 Å². The summed E-state index contributed by atoms with van der Waals surface area (Å²) in [7, 11) is 1.25. The van der Waals surface area contributed by atoms with E-state index >= 15 is 0 Å². The first-order valence-electron chi connectivity index (χ1n) is 3.05. The van der Waals surface area contributed by atoms with Gasteiger partial charge in [-0.05, 0) is 0 Å². The molecule has 0 aliphatic rings. The Kier molecular flexibility index (Phi) is 4.28. The number of esters is 1. The van der Waals surface area contributed by atoms with Crippen LogP contribution in [-0.2, 0) is 9.53 Å². The predicted octanol–water partition coefficient (Wildman–Crippen LogP) is 0.790. The van der Waals surface area contributed by atoms with E-state index in [9.17, 15) is 4.79 Å². The number of hydrogen-bond donors (Lipinski definition) is 1. The lowest BCUT2D eigenvalue weighted by Crippen LogP contribution is -2.15. The van der Waals surface area contributed by atoms with Gasteiger partial charge in [-0.15, -0.1) is 0 Å². The molecule has 0 spiro atoms. The molecule has 1 N–H and O–H groups in total. The topological polar surface area (TPSA) is 58.9 Å². The second-order valence-electron chi connectivity index (χ2n) is 1.79. The molecule has 0 aromatic rings. The number of carbonyl (C=O) groups excluding carboxylic acids is 1. The number of oxime groups is 1. The molecular weight excluding hydrogens is 134 g/mol. The summed E-state index contributed by atoms with van der Waals surface area (Å²) in [5, 5.41) is 11.0. The van der Waals surface area contributed by atoms with Gasteiger partial charge in [-0.25, -0.2) is 4.79 Å². The lowest BCUT2D eigenvalue weighted by atomic mass is 10.2. The number of carbonyl (C=O) groups is 1. The Morgan fingerprint density at radius 3 is 2.60 bits per heavy atom. The molecule has 0 saturated carbocycles. The lowest BCUT2D eigenvalue weighted by Gasteiger charge is -1.97. The van der Waals surface area contributed by atoms with Crippen LogP contribution in [0.3, 0.4) is 0 Å². The molecule has 0 rings (SSSR count). The summed E-state index contributed by atoms with van der Waals surface area (Å²) in [5.41, 5.74) is 0.0741. The van der Waals surface area contributed by atoms with Crippen LogP contribution in [0.25, 0.3) is 0 Å². The number of nitrogens with zero attached hydrogens (tertiary/aromatic N) is 1. The fraction of sp³-hybridized carbons (Fsp3) is 0.667. The van der Waals surface area contributed by atoms with E-state index in [0.29, 0.717) is 6.42 Å². The van der Waals surface area contributed by atoms with E-state index in [2.05, 4.69) is 9.89 Å². The molecule has 0 radical (unpaired) electrons. The largest absolute Gasteiger partial charge is 0.464 e. The first kappa shape index (κ1) is 8.94. The Labute approximate surface area is 59.5 Å².